The lowest BCUT2D eigenvalue weighted by Gasteiger charge is -2.11. The van der Waals surface area contributed by atoms with E-state index in [9.17, 15) is 26.7 Å². The fraction of sp³-hybridized carbons (Fsp3) is 0.385. The fourth-order valence-corrected chi connectivity index (χ4v) is 2.26. The lowest BCUT2D eigenvalue weighted by molar-refractivity contribution is -0.156. The van der Waals surface area contributed by atoms with Crippen LogP contribution in [0.1, 0.15) is 12.3 Å². The molecule has 1 aliphatic heterocycles. The molecule has 2 heterocycles. The molecule has 1 aromatic heterocycles. The molecule has 1 unspecified atom stereocenters. The number of oxazole rings is 1. The fourth-order valence-electron chi connectivity index (χ4n) is 2.26. The van der Waals surface area contributed by atoms with Crippen LogP contribution in [-0.4, -0.2) is 29.4 Å². The van der Waals surface area contributed by atoms with E-state index < -0.39 is 42.9 Å². The summed E-state index contributed by atoms with van der Waals surface area (Å²) in [5.74, 6) is -5.05. The van der Waals surface area contributed by atoms with Crippen molar-refractivity contribution >= 4 is 22.7 Å². The van der Waals surface area contributed by atoms with Crippen molar-refractivity contribution in [3.05, 3.63) is 24.1 Å². The predicted octanol–water partition coefficient (Wildman–Crippen LogP) is 2.78. The number of fused-ring (bicyclic) bond motifs is 1. The van der Waals surface area contributed by atoms with Crippen molar-refractivity contribution in [1.29, 1.82) is 0 Å². The highest BCUT2D eigenvalue weighted by atomic mass is 19.4. The number of amides is 1. The normalized spacial score (nSPS) is 20.8. The Morgan fingerprint density at radius 2 is 2.13 bits per heavy atom. The van der Waals surface area contributed by atoms with E-state index in [1.807, 2.05) is 0 Å². The zero-order valence-corrected chi connectivity index (χ0v) is 11.4. The van der Waals surface area contributed by atoms with E-state index >= 15 is 0 Å². The molecule has 0 radical (unpaired) electrons. The van der Waals surface area contributed by atoms with Gasteiger partial charge in [0.05, 0.1) is 12.6 Å². The number of carbonyl (C=O) groups excluding carboxylic acids is 1. The van der Waals surface area contributed by atoms with Crippen LogP contribution in [0.5, 0.6) is 0 Å². The molecule has 2 aromatic rings. The maximum atomic E-state index is 13.0. The summed E-state index contributed by atoms with van der Waals surface area (Å²) in [5.41, 5.74) is -0.0535. The number of nitrogens with one attached hydrogen (secondary N) is 2. The number of hydrogen-bond acceptors (Lipinski definition) is 4. The van der Waals surface area contributed by atoms with Crippen LogP contribution in [0.25, 0.3) is 11.1 Å². The molecular formula is C13H10F5N3O2. The first-order valence-electron chi connectivity index (χ1n) is 6.54. The smallest absolute Gasteiger partial charge is 0.433 e. The minimum atomic E-state index is -4.72. The van der Waals surface area contributed by atoms with Crippen molar-refractivity contribution in [2.75, 3.05) is 11.9 Å². The van der Waals surface area contributed by atoms with E-state index in [0.717, 1.165) is 0 Å². The summed E-state index contributed by atoms with van der Waals surface area (Å²) in [6, 6.07) is 2.63. The van der Waals surface area contributed by atoms with E-state index in [-0.39, 0.29) is 16.8 Å². The molecule has 1 atom stereocenters. The molecule has 23 heavy (non-hydrogen) atoms. The van der Waals surface area contributed by atoms with Crippen LogP contribution < -0.4 is 10.6 Å². The standard InChI is InChI=1S/C13H10F5N3O2/c14-12(15)4-8(19-5-12)10(22)20-6-1-2-9-7(3-6)21-11(23-9)13(16,17)18/h1-3,8,19H,4-5H2,(H,20,22). The highest BCUT2D eigenvalue weighted by molar-refractivity contribution is 5.96. The molecule has 0 bridgehead atoms. The Morgan fingerprint density at radius 3 is 2.74 bits per heavy atom. The maximum absolute atomic E-state index is 13.0. The number of aromatic nitrogens is 1. The van der Waals surface area contributed by atoms with Crippen molar-refractivity contribution in [1.82, 2.24) is 10.3 Å². The molecule has 10 heteroatoms. The van der Waals surface area contributed by atoms with Crippen LogP contribution in [0.3, 0.4) is 0 Å². The summed E-state index contributed by atoms with van der Waals surface area (Å²) in [5, 5.41) is 4.75. The molecule has 2 N–H and O–H groups in total. The molecule has 0 saturated carbocycles. The lowest BCUT2D eigenvalue weighted by atomic mass is 10.2. The van der Waals surface area contributed by atoms with E-state index in [4.69, 9.17) is 0 Å². The van der Waals surface area contributed by atoms with Gasteiger partial charge in [0.25, 0.3) is 5.92 Å². The third-order valence-corrected chi connectivity index (χ3v) is 3.32. The lowest BCUT2D eigenvalue weighted by Crippen LogP contribution is -2.35. The van der Waals surface area contributed by atoms with Crippen molar-refractivity contribution in [2.45, 2.75) is 24.6 Å². The van der Waals surface area contributed by atoms with Crippen LogP contribution >= 0.6 is 0 Å². The second kappa shape index (κ2) is 5.15. The van der Waals surface area contributed by atoms with Gasteiger partial charge in [0.15, 0.2) is 5.58 Å². The van der Waals surface area contributed by atoms with Gasteiger partial charge < -0.3 is 9.73 Å². The molecule has 1 saturated heterocycles. The third-order valence-electron chi connectivity index (χ3n) is 3.32. The molecule has 1 fully saturated rings. The van der Waals surface area contributed by atoms with Gasteiger partial charge >= 0.3 is 12.1 Å². The van der Waals surface area contributed by atoms with Crippen molar-refractivity contribution in [3.8, 4) is 0 Å². The Morgan fingerprint density at radius 1 is 1.39 bits per heavy atom. The van der Waals surface area contributed by atoms with Gasteiger partial charge in [0.1, 0.15) is 5.52 Å². The summed E-state index contributed by atoms with van der Waals surface area (Å²) in [4.78, 5) is 15.2. The molecule has 1 amide bonds. The van der Waals surface area contributed by atoms with Gasteiger partial charge in [-0.2, -0.15) is 13.2 Å². The number of hydrogen-bond donors (Lipinski definition) is 2. The third kappa shape index (κ3) is 3.26. The van der Waals surface area contributed by atoms with Gasteiger partial charge in [-0.1, -0.05) is 0 Å². The average Bonchev–Trinajstić information content (AvgIpc) is 3.01. The zero-order valence-electron chi connectivity index (χ0n) is 11.4. The van der Waals surface area contributed by atoms with Gasteiger partial charge in [-0.25, -0.2) is 13.8 Å². The highest BCUT2D eigenvalue weighted by Crippen LogP contribution is 2.32. The number of carbonyl (C=O) groups is 1. The topological polar surface area (TPSA) is 67.2 Å². The number of rotatable bonds is 2. The SMILES string of the molecule is O=C(Nc1ccc2oc(C(F)(F)F)nc2c1)C1CC(F)(F)CN1. The predicted molar refractivity (Wildman–Crippen MR) is 69.0 cm³/mol. The van der Waals surface area contributed by atoms with Crippen LogP contribution in [0.4, 0.5) is 27.6 Å². The monoisotopic (exact) mass is 335 g/mol. The first-order valence-corrected chi connectivity index (χ1v) is 6.54. The van der Waals surface area contributed by atoms with Gasteiger partial charge in [-0.3, -0.25) is 10.1 Å². The first-order chi connectivity index (χ1) is 10.6. The van der Waals surface area contributed by atoms with Crippen LogP contribution in [0, 0.1) is 0 Å². The zero-order chi connectivity index (χ0) is 16.8. The van der Waals surface area contributed by atoms with E-state index in [2.05, 4.69) is 20.0 Å². The molecule has 1 aromatic carbocycles. The summed E-state index contributed by atoms with van der Waals surface area (Å²) >= 11 is 0. The van der Waals surface area contributed by atoms with Crippen molar-refractivity contribution < 1.29 is 31.2 Å². The van der Waals surface area contributed by atoms with Crippen LogP contribution in [0.2, 0.25) is 0 Å². The molecule has 5 nitrogen and oxygen atoms in total. The number of benzene rings is 1. The summed E-state index contributed by atoms with van der Waals surface area (Å²) < 4.78 is 68.2. The van der Waals surface area contributed by atoms with Crippen LogP contribution in [-0.2, 0) is 11.0 Å². The summed E-state index contributed by atoms with van der Waals surface area (Å²) in [6.07, 6.45) is -5.36. The molecule has 1 aliphatic rings. The van der Waals surface area contributed by atoms with E-state index in [1.165, 1.54) is 18.2 Å². The Kier molecular flexibility index (Phi) is 3.51. The van der Waals surface area contributed by atoms with Crippen molar-refractivity contribution in [3.63, 3.8) is 0 Å². The summed E-state index contributed by atoms with van der Waals surface area (Å²) in [7, 11) is 0. The number of halogens is 5. The van der Waals surface area contributed by atoms with Gasteiger partial charge in [-0.15, -0.1) is 0 Å². The maximum Gasteiger partial charge on any atom is 0.468 e. The van der Waals surface area contributed by atoms with E-state index in [1.54, 1.807) is 0 Å². The van der Waals surface area contributed by atoms with E-state index in [0.29, 0.717) is 0 Å². The van der Waals surface area contributed by atoms with Gasteiger partial charge in [0.2, 0.25) is 5.91 Å². The first kappa shape index (κ1) is 15.7. The number of alkyl halides is 5. The molecule has 3 rings (SSSR count). The number of anilines is 1. The Labute approximate surface area is 125 Å². The van der Waals surface area contributed by atoms with Gasteiger partial charge in [-0.05, 0) is 18.2 Å². The average molecular weight is 335 g/mol. The quantitative estimate of drug-likeness (QED) is 0.828. The molecule has 0 aliphatic carbocycles. The Bertz CT molecular complexity index is 756. The Hall–Kier alpha value is -2.23. The van der Waals surface area contributed by atoms with Crippen LogP contribution in [0.15, 0.2) is 22.6 Å². The number of nitrogens with zero attached hydrogens (tertiary/aromatic N) is 1. The molecule has 0 spiro atoms. The minimum Gasteiger partial charge on any atom is -0.433 e. The molecular weight excluding hydrogens is 325 g/mol. The largest absolute Gasteiger partial charge is 0.468 e. The summed E-state index contributed by atoms with van der Waals surface area (Å²) in [6.45, 7) is -0.595. The molecule has 124 valence electrons. The second-order valence-electron chi connectivity index (χ2n) is 5.18. The van der Waals surface area contributed by atoms with Crippen molar-refractivity contribution in [2.24, 2.45) is 0 Å². The van der Waals surface area contributed by atoms with Gasteiger partial charge in [0, 0.05) is 12.1 Å². The minimum absolute atomic E-state index is 0.0964. The Balaban J connectivity index is 1.77. The second-order valence-corrected chi connectivity index (χ2v) is 5.18. The highest BCUT2D eigenvalue weighted by Gasteiger charge is 2.42.